The van der Waals surface area contributed by atoms with Crippen LogP contribution in [0.2, 0.25) is 0 Å². The summed E-state index contributed by atoms with van der Waals surface area (Å²) in [5, 5.41) is 13.4. The minimum absolute atomic E-state index is 0.451. The Hall–Kier alpha value is -0.540. The maximum atomic E-state index is 9.93. The van der Waals surface area contributed by atoms with Crippen LogP contribution in [0.5, 0.6) is 5.75 Å². The number of phenolic OH excluding ortho intramolecular Hbond substituents is 1. The van der Waals surface area contributed by atoms with Gasteiger partial charge in [0, 0.05) is 10.5 Å². The molecule has 1 unspecified atom stereocenters. The van der Waals surface area contributed by atoms with Gasteiger partial charge in [0.05, 0.1) is 0 Å². The van der Waals surface area contributed by atoms with Crippen molar-refractivity contribution in [3.05, 3.63) is 27.7 Å². The first kappa shape index (κ1) is 11.0. The molecule has 1 aromatic rings. The minimum atomic E-state index is 0.451. The van der Waals surface area contributed by atoms with Gasteiger partial charge in [0.25, 0.3) is 0 Å². The van der Waals surface area contributed by atoms with Crippen LogP contribution in [-0.2, 0) is 6.42 Å². The van der Waals surface area contributed by atoms with Crippen LogP contribution in [0.1, 0.15) is 24.0 Å². The van der Waals surface area contributed by atoms with Crippen molar-refractivity contribution < 1.29 is 5.11 Å². The fraction of sp³-hybridized carbons (Fsp3) is 0.500. The zero-order valence-electron chi connectivity index (χ0n) is 8.89. The predicted molar refractivity (Wildman–Crippen MR) is 65.3 cm³/mol. The molecule has 2 rings (SSSR count). The molecular weight excluding hydrogens is 254 g/mol. The predicted octanol–water partition coefficient (Wildman–Crippen LogP) is 2.76. The Bertz CT molecular complexity index is 359. The zero-order valence-corrected chi connectivity index (χ0v) is 10.5. The fourth-order valence-corrected chi connectivity index (χ4v) is 2.78. The minimum Gasteiger partial charge on any atom is -0.507 e. The average molecular weight is 270 g/mol. The van der Waals surface area contributed by atoms with Crippen molar-refractivity contribution in [1.29, 1.82) is 0 Å². The Labute approximate surface area is 98.8 Å². The number of aromatic hydroxyl groups is 1. The number of benzene rings is 1. The smallest absolute Gasteiger partial charge is 0.121 e. The highest BCUT2D eigenvalue weighted by molar-refractivity contribution is 9.10. The van der Waals surface area contributed by atoms with Gasteiger partial charge in [-0.05, 0) is 56.0 Å². The third kappa shape index (κ3) is 2.52. The molecule has 2 N–H and O–H groups in total. The number of hydrogen-bond acceptors (Lipinski definition) is 2. The Balaban J connectivity index is 2.19. The first-order chi connectivity index (χ1) is 7.16. The summed E-state index contributed by atoms with van der Waals surface area (Å²) in [7, 11) is 0. The number of nitrogens with one attached hydrogen (secondary N) is 1. The molecular formula is C12H16BrNO. The monoisotopic (exact) mass is 269 g/mol. The van der Waals surface area contributed by atoms with Crippen molar-refractivity contribution in [2.24, 2.45) is 0 Å². The molecule has 1 heterocycles. The van der Waals surface area contributed by atoms with Crippen molar-refractivity contribution in [2.45, 2.75) is 32.2 Å². The second kappa shape index (κ2) is 4.54. The largest absolute Gasteiger partial charge is 0.507 e. The van der Waals surface area contributed by atoms with Gasteiger partial charge in [-0.3, -0.25) is 0 Å². The van der Waals surface area contributed by atoms with E-state index in [1.54, 1.807) is 0 Å². The van der Waals surface area contributed by atoms with Crippen LogP contribution in [0.15, 0.2) is 16.6 Å². The average Bonchev–Trinajstić information content (AvgIpc) is 2.66. The third-order valence-corrected chi connectivity index (χ3v) is 3.43. The van der Waals surface area contributed by atoms with Gasteiger partial charge in [-0.15, -0.1) is 0 Å². The van der Waals surface area contributed by atoms with E-state index in [1.165, 1.54) is 12.8 Å². The fourth-order valence-electron chi connectivity index (χ4n) is 2.16. The summed E-state index contributed by atoms with van der Waals surface area (Å²) >= 11 is 3.46. The van der Waals surface area contributed by atoms with Gasteiger partial charge in [0.15, 0.2) is 0 Å². The topological polar surface area (TPSA) is 32.3 Å². The second-order valence-electron chi connectivity index (χ2n) is 4.23. The Morgan fingerprint density at radius 1 is 1.53 bits per heavy atom. The van der Waals surface area contributed by atoms with Gasteiger partial charge in [0.1, 0.15) is 5.75 Å². The van der Waals surface area contributed by atoms with E-state index in [9.17, 15) is 5.11 Å². The molecule has 0 aromatic heterocycles. The number of halogens is 1. The third-order valence-electron chi connectivity index (χ3n) is 2.97. The Kier molecular flexibility index (Phi) is 3.32. The summed E-state index contributed by atoms with van der Waals surface area (Å²) in [4.78, 5) is 0. The number of hydrogen-bond donors (Lipinski definition) is 2. The van der Waals surface area contributed by atoms with Crippen molar-refractivity contribution in [3.8, 4) is 5.75 Å². The molecule has 0 amide bonds. The number of phenols is 1. The summed E-state index contributed by atoms with van der Waals surface area (Å²) < 4.78 is 1.05. The molecule has 1 aromatic carbocycles. The van der Waals surface area contributed by atoms with Crippen molar-refractivity contribution in [2.75, 3.05) is 6.54 Å². The maximum Gasteiger partial charge on any atom is 0.121 e. The zero-order chi connectivity index (χ0) is 10.8. The first-order valence-corrected chi connectivity index (χ1v) is 6.17. The van der Waals surface area contributed by atoms with E-state index in [2.05, 4.69) is 21.2 Å². The normalized spacial score (nSPS) is 20.8. The van der Waals surface area contributed by atoms with Gasteiger partial charge >= 0.3 is 0 Å². The van der Waals surface area contributed by atoms with Crippen molar-refractivity contribution in [3.63, 3.8) is 0 Å². The van der Waals surface area contributed by atoms with E-state index in [0.29, 0.717) is 11.8 Å². The molecule has 15 heavy (non-hydrogen) atoms. The van der Waals surface area contributed by atoms with Crippen LogP contribution >= 0.6 is 15.9 Å². The van der Waals surface area contributed by atoms with Gasteiger partial charge < -0.3 is 10.4 Å². The lowest BCUT2D eigenvalue weighted by atomic mass is 10.0. The van der Waals surface area contributed by atoms with Crippen LogP contribution in [0.3, 0.4) is 0 Å². The summed E-state index contributed by atoms with van der Waals surface area (Å²) in [6.07, 6.45) is 3.38. The van der Waals surface area contributed by atoms with Gasteiger partial charge in [0.2, 0.25) is 0 Å². The highest BCUT2D eigenvalue weighted by Crippen LogP contribution is 2.28. The molecule has 82 valence electrons. The molecule has 1 aliphatic heterocycles. The molecule has 1 fully saturated rings. The van der Waals surface area contributed by atoms with Gasteiger partial charge in [-0.25, -0.2) is 0 Å². The van der Waals surface area contributed by atoms with E-state index < -0.39 is 0 Å². The van der Waals surface area contributed by atoms with Crippen molar-refractivity contribution >= 4 is 15.9 Å². The molecule has 0 saturated carbocycles. The van der Waals surface area contributed by atoms with E-state index in [1.807, 2.05) is 19.1 Å². The highest BCUT2D eigenvalue weighted by Gasteiger charge is 2.17. The quantitative estimate of drug-likeness (QED) is 0.866. The molecule has 2 nitrogen and oxygen atoms in total. The lowest BCUT2D eigenvalue weighted by molar-refractivity contribution is 0.458. The second-order valence-corrected chi connectivity index (χ2v) is 5.14. The Morgan fingerprint density at radius 3 is 3.00 bits per heavy atom. The molecule has 1 atom stereocenters. The van der Waals surface area contributed by atoms with Crippen LogP contribution in [0.25, 0.3) is 0 Å². The van der Waals surface area contributed by atoms with Crippen LogP contribution in [-0.4, -0.2) is 17.7 Å². The van der Waals surface area contributed by atoms with Crippen LogP contribution < -0.4 is 5.32 Å². The van der Waals surface area contributed by atoms with Gasteiger partial charge in [-0.2, -0.15) is 0 Å². The molecule has 3 heteroatoms. The van der Waals surface area contributed by atoms with E-state index in [4.69, 9.17) is 0 Å². The summed E-state index contributed by atoms with van der Waals surface area (Å²) in [5.41, 5.74) is 1.98. The summed E-state index contributed by atoms with van der Waals surface area (Å²) in [5.74, 6) is 0.451. The molecule has 0 bridgehead atoms. The molecule has 1 aliphatic rings. The molecule has 0 radical (unpaired) electrons. The van der Waals surface area contributed by atoms with E-state index in [0.717, 1.165) is 28.6 Å². The summed E-state index contributed by atoms with van der Waals surface area (Å²) in [6.45, 7) is 3.05. The number of aryl methyl sites for hydroxylation is 1. The van der Waals surface area contributed by atoms with Gasteiger partial charge in [-0.1, -0.05) is 15.9 Å². The lowest BCUT2D eigenvalue weighted by Crippen LogP contribution is -2.23. The van der Waals surface area contributed by atoms with Crippen LogP contribution in [0.4, 0.5) is 0 Å². The molecule has 1 saturated heterocycles. The molecule has 0 spiro atoms. The first-order valence-electron chi connectivity index (χ1n) is 5.38. The SMILES string of the molecule is Cc1cc(Br)cc(CC2CCCN2)c1O. The molecule has 0 aliphatic carbocycles. The van der Waals surface area contributed by atoms with Crippen LogP contribution in [0, 0.1) is 6.92 Å². The Morgan fingerprint density at radius 2 is 2.33 bits per heavy atom. The highest BCUT2D eigenvalue weighted by atomic mass is 79.9. The summed E-state index contributed by atoms with van der Waals surface area (Å²) in [6, 6.07) is 4.49. The standard InChI is InChI=1S/C12H16BrNO/c1-8-5-10(13)6-9(12(8)15)7-11-3-2-4-14-11/h5-6,11,14-15H,2-4,7H2,1H3. The van der Waals surface area contributed by atoms with E-state index >= 15 is 0 Å². The van der Waals surface area contributed by atoms with Crippen molar-refractivity contribution in [1.82, 2.24) is 5.32 Å². The maximum absolute atomic E-state index is 9.93. The lowest BCUT2D eigenvalue weighted by Gasteiger charge is -2.13. The number of rotatable bonds is 2. The van der Waals surface area contributed by atoms with E-state index in [-0.39, 0.29) is 0 Å².